The number of Topliss-reactive ketones (excluding diaryl/α,β-unsaturated/α-hetero) is 1. The van der Waals surface area contributed by atoms with E-state index in [1.54, 1.807) is 12.1 Å². The van der Waals surface area contributed by atoms with Crippen LogP contribution in [0.5, 0.6) is 0 Å². The predicted molar refractivity (Wildman–Crippen MR) is 181 cm³/mol. The lowest BCUT2D eigenvalue weighted by atomic mass is 9.96. The van der Waals surface area contributed by atoms with E-state index in [2.05, 4.69) is 0 Å². The Morgan fingerprint density at radius 3 is 1.78 bits per heavy atom. The Hall–Kier alpha value is -4.46. The summed E-state index contributed by atoms with van der Waals surface area (Å²) in [6.45, 7) is 0.214. The van der Waals surface area contributed by atoms with Crippen LogP contribution in [0.4, 0.5) is 5.69 Å². The first-order valence-corrected chi connectivity index (χ1v) is 17.4. The van der Waals surface area contributed by atoms with Crippen LogP contribution in [0.1, 0.15) is 25.8 Å². The van der Waals surface area contributed by atoms with E-state index in [4.69, 9.17) is 4.74 Å². The van der Waals surface area contributed by atoms with Crippen molar-refractivity contribution < 1.29 is 24.0 Å². The first kappa shape index (κ1) is 31.9. The molecule has 230 valence electrons. The van der Waals surface area contributed by atoms with Gasteiger partial charge in [0.25, 0.3) is 5.69 Å². The molecule has 1 fully saturated rings. The molecular formula is C35H33N2O6PS. The minimum Gasteiger partial charge on any atom is -0.456 e. The van der Waals surface area contributed by atoms with Crippen LogP contribution >= 0.6 is 18.6 Å². The Morgan fingerprint density at radius 2 is 1.38 bits per heavy atom. The van der Waals surface area contributed by atoms with Gasteiger partial charge in [0, 0.05) is 25.4 Å². The first-order valence-electron chi connectivity index (χ1n) is 14.6. The number of amides is 1. The third kappa shape index (κ3) is 6.37. The second kappa shape index (κ2) is 14.1. The number of ketones is 1. The van der Waals surface area contributed by atoms with Gasteiger partial charge >= 0.3 is 5.97 Å². The van der Waals surface area contributed by atoms with Crippen LogP contribution < -0.4 is 15.9 Å². The van der Waals surface area contributed by atoms with Crippen LogP contribution in [0.2, 0.25) is 0 Å². The van der Waals surface area contributed by atoms with Crippen molar-refractivity contribution in [1.82, 2.24) is 4.90 Å². The minimum atomic E-state index is -3.11. The zero-order valence-corrected chi connectivity index (χ0v) is 26.7. The number of ether oxygens (including phenoxy) is 1. The molecule has 0 bridgehead atoms. The van der Waals surface area contributed by atoms with Crippen molar-refractivity contribution in [1.29, 1.82) is 0 Å². The molecule has 4 aromatic rings. The molecule has 5 rings (SSSR count). The number of non-ortho nitro benzene ring substituents is 1. The Labute approximate surface area is 266 Å². The standard InChI is InChI=1S/C35H33N2O6PS/c1-3-45-33(25(2)38)31-23-32(39)36(31)34(35(40)43-24-26-19-21-27(22-20-26)37(41)42)44(28-13-7-4-8-14-28,29-15-9-5-10-16-29)30-17-11-6-12-18-30/h4-22,31,33H,3,23-24H2,1-2H3. The Bertz CT molecular complexity index is 1640. The van der Waals surface area contributed by atoms with Gasteiger partial charge in [0.2, 0.25) is 5.91 Å². The molecular weight excluding hydrogens is 607 g/mol. The molecule has 2 atom stereocenters. The number of nitro benzene ring substituents is 1. The predicted octanol–water partition coefficient (Wildman–Crippen LogP) is 5.07. The largest absolute Gasteiger partial charge is 0.456 e. The van der Waals surface area contributed by atoms with E-state index in [1.165, 1.54) is 35.7 Å². The zero-order valence-electron chi connectivity index (χ0n) is 24.9. The molecule has 0 saturated carbocycles. The number of hydrogen-bond acceptors (Lipinski definition) is 7. The lowest BCUT2D eigenvalue weighted by molar-refractivity contribution is -0.384. The molecule has 0 N–H and O–H groups in total. The van der Waals surface area contributed by atoms with Gasteiger partial charge in [-0.05, 0) is 46.3 Å². The van der Waals surface area contributed by atoms with E-state index in [0.717, 1.165) is 15.9 Å². The van der Waals surface area contributed by atoms with Gasteiger partial charge in [-0.15, -0.1) is 11.8 Å². The number of likely N-dealkylation sites (tertiary alicyclic amines) is 1. The topological polar surface area (TPSA) is 107 Å². The monoisotopic (exact) mass is 640 g/mol. The highest BCUT2D eigenvalue weighted by Gasteiger charge is 2.50. The smallest absolute Gasteiger partial charge is 0.356 e. The maximum absolute atomic E-state index is 14.7. The number of β-lactam (4-membered cyclic amide) rings is 1. The highest BCUT2D eigenvalue weighted by Crippen LogP contribution is 2.49. The Kier molecular flexibility index (Phi) is 10.0. The summed E-state index contributed by atoms with van der Waals surface area (Å²) < 4.78 is 6.01. The second-order valence-corrected chi connectivity index (χ2v) is 15.3. The lowest BCUT2D eigenvalue weighted by Crippen LogP contribution is -2.64. The number of esters is 1. The first-order chi connectivity index (χ1) is 21.8. The van der Waals surface area contributed by atoms with Crippen molar-refractivity contribution in [2.24, 2.45) is 0 Å². The van der Waals surface area contributed by atoms with E-state index in [9.17, 15) is 24.5 Å². The van der Waals surface area contributed by atoms with Gasteiger partial charge in [0.05, 0.1) is 16.2 Å². The summed E-state index contributed by atoms with van der Waals surface area (Å²) in [5.41, 5.74) is 0.695. The van der Waals surface area contributed by atoms with E-state index < -0.39 is 29.1 Å². The van der Waals surface area contributed by atoms with Gasteiger partial charge in [-0.2, -0.15) is 0 Å². The number of nitrogens with zero attached hydrogens (tertiary/aromatic N) is 2. The molecule has 0 aliphatic carbocycles. The molecule has 10 heteroatoms. The summed E-state index contributed by atoms with van der Waals surface area (Å²) in [4.78, 5) is 53.6. The lowest BCUT2D eigenvalue weighted by Gasteiger charge is -2.47. The molecule has 0 spiro atoms. The average Bonchev–Trinajstić information content (AvgIpc) is 3.06. The molecule has 1 amide bonds. The summed E-state index contributed by atoms with van der Waals surface area (Å²) in [7, 11) is 0. The number of nitro groups is 1. The van der Waals surface area contributed by atoms with Crippen molar-refractivity contribution in [2.75, 3.05) is 5.75 Å². The molecule has 1 heterocycles. The van der Waals surface area contributed by atoms with Crippen molar-refractivity contribution in [2.45, 2.75) is 38.2 Å². The van der Waals surface area contributed by atoms with E-state index in [1.807, 2.05) is 97.9 Å². The fourth-order valence-electron chi connectivity index (χ4n) is 5.73. The molecule has 1 aliphatic rings. The zero-order chi connectivity index (χ0) is 32.0. The molecule has 8 nitrogen and oxygen atoms in total. The normalized spacial score (nSPS) is 15.1. The number of benzene rings is 4. The SMILES string of the molecule is CCSC(C(C)=O)C1CC(=O)N1C(C(=O)OCc1ccc([N+](=O)[O-])cc1)=P(c1ccccc1)(c1ccccc1)c1ccccc1. The molecule has 45 heavy (non-hydrogen) atoms. The van der Waals surface area contributed by atoms with Gasteiger partial charge in [-0.3, -0.25) is 19.7 Å². The molecule has 1 saturated heterocycles. The number of rotatable bonds is 12. The quantitative estimate of drug-likeness (QED) is 0.0700. The van der Waals surface area contributed by atoms with Crippen molar-refractivity contribution in [3.8, 4) is 0 Å². The van der Waals surface area contributed by atoms with Crippen LogP contribution in [-0.4, -0.2) is 49.9 Å². The number of carbonyl (C=O) groups is 3. The van der Waals surface area contributed by atoms with Crippen molar-refractivity contribution >= 4 is 63.3 Å². The highest BCUT2D eigenvalue weighted by atomic mass is 32.2. The summed E-state index contributed by atoms with van der Waals surface area (Å²) in [5, 5.41) is 13.2. The van der Waals surface area contributed by atoms with Crippen molar-refractivity contribution in [3.05, 3.63) is 131 Å². The molecule has 1 aliphatic heterocycles. The van der Waals surface area contributed by atoms with Gasteiger partial charge < -0.3 is 9.64 Å². The van der Waals surface area contributed by atoms with Crippen LogP contribution in [0, 0.1) is 10.1 Å². The molecule has 0 radical (unpaired) electrons. The number of thioether (sulfide) groups is 1. The third-order valence-electron chi connectivity index (χ3n) is 7.76. The molecule has 4 aromatic carbocycles. The van der Waals surface area contributed by atoms with Crippen LogP contribution in [0.25, 0.3) is 0 Å². The van der Waals surface area contributed by atoms with Crippen molar-refractivity contribution in [3.63, 3.8) is 0 Å². The fourth-order valence-corrected chi connectivity index (χ4v) is 11.2. The summed E-state index contributed by atoms with van der Waals surface area (Å²) in [5.74, 6) is -0.331. The Morgan fingerprint density at radius 1 is 0.889 bits per heavy atom. The summed E-state index contributed by atoms with van der Waals surface area (Å²) in [6.07, 6.45) is 0.134. The van der Waals surface area contributed by atoms with E-state index in [0.29, 0.717) is 11.3 Å². The number of carbonyl (C=O) groups excluding carboxylic acids is 3. The second-order valence-electron chi connectivity index (χ2n) is 10.5. The van der Waals surface area contributed by atoms with Gasteiger partial charge in [0.1, 0.15) is 17.8 Å². The summed E-state index contributed by atoms with van der Waals surface area (Å²) >= 11 is 1.46. The fraction of sp³-hybridized carbons (Fsp3) is 0.200. The van der Waals surface area contributed by atoms with E-state index in [-0.39, 0.29) is 35.8 Å². The maximum atomic E-state index is 14.7. The highest BCUT2D eigenvalue weighted by molar-refractivity contribution is 8.00. The average molecular weight is 641 g/mol. The van der Waals surface area contributed by atoms with Crippen LogP contribution in [0.3, 0.4) is 0 Å². The molecule has 0 aromatic heterocycles. The minimum absolute atomic E-state index is 0.0639. The summed E-state index contributed by atoms with van der Waals surface area (Å²) in [6, 6.07) is 34.3. The van der Waals surface area contributed by atoms with Crippen LogP contribution in [0.15, 0.2) is 115 Å². The van der Waals surface area contributed by atoms with E-state index >= 15 is 0 Å². The van der Waals surface area contributed by atoms with Crippen LogP contribution in [-0.2, 0) is 25.7 Å². The maximum Gasteiger partial charge on any atom is 0.356 e. The van der Waals surface area contributed by atoms with Gasteiger partial charge in [-0.25, -0.2) is 4.79 Å². The molecule has 2 unspecified atom stereocenters. The Balaban J connectivity index is 1.81. The third-order valence-corrected chi connectivity index (χ3v) is 13.3. The van der Waals surface area contributed by atoms with Gasteiger partial charge in [-0.1, -0.05) is 97.9 Å². The number of hydrogen-bond donors (Lipinski definition) is 0. The van der Waals surface area contributed by atoms with Gasteiger partial charge in [0.15, 0.2) is 0 Å².